The van der Waals surface area contributed by atoms with E-state index in [4.69, 9.17) is 16.6 Å². The van der Waals surface area contributed by atoms with Gasteiger partial charge in [-0.2, -0.15) is 0 Å². The van der Waals surface area contributed by atoms with Gasteiger partial charge in [-0.3, -0.25) is 9.69 Å². The van der Waals surface area contributed by atoms with Crippen molar-refractivity contribution >= 4 is 35.2 Å². The highest BCUT2D eigenvalue weighted by molar-refractivity contribution is 6.31. The van der Waals surface area contributed by atoms with Gasteiger partial charge in [0.05, 0.1) is 6.54 Å². The van der Waals surface area contributed by atoms with Crippen molar-refractivity contribution in [3.05, 3.63) is 40.9 Å². The van der Waals surface area contributed by atoms with Crippen LogP contribution in [-0.4, -0.2) is 71.5 Å². The Morgan fingerprint density at radius 3 is 2.78 bits per heavy atom. The second-order valence-electron chi connectivity index (χ2n) is 7.29. The molecule has 3 amide bonds. The van der Waals surface area contributed by atoms with Crippen molar-refractivity contribution in [2.75, 3.05) is 31.6 Å². The molecule has 3 aliphatic rings. The van der Waals surface area contributed by atoms with E-state index >= 15 is 0 Å². The van der Waals surface area contributed by atoms with Gasteiger partial charge >= 0.3 is 6.03 Å². The maximum absolute atomic E-state index is 13.1. The number of imide groups is 1. The fourth-order valence-electron chi connectivity index (χ4n) is 3.97. The first-order chi connectivity index (χ1) is 12.8. The lowest BCUT2D eigenvalue weighted by molar-refractivity contribution is -0.136. The van der Waals surface area contributed by atoms with Gasteiger partial charge in [0.1, 0.15) is 0 Å². The summed E-state index contributed by atoms with van der Waals surface area (Å²) in [4.78, 5) is 37.4. The third-order valence-electron chi connectivity index (χ3n) is 5.34. The number of carbonyl (C=O) groups excluding carboxylic acids is 2. The minimum Gasteiger partial charge on any atom is -0.325 e. The predicted molar refractivity (Wildman–Crippen MR) is 105 cm³/mol. The van der Waals surface area contributed by atoms with Crippen LogP contribution in [0.3, 0.4) is 0 Å². The normalized spacial score (nSPS) is 24.4. The quantitative estimate of drug-likeness (QED) is 0.747. The summed E-state index contributed by atoms with van der Waals surface area (Å²) in [5.41, 5.74) is 2.71. The van der Waals surface area contributed by atoms with E-state index in [1.807, 2.05) is 36.9 Å². The molecule has 2 fully saturated rings. The maximum Gasteiger partial charge on any atom is 0.328 e. The molecule has 3 aliphatic heterocycles. The Morgan fingerprint density at radius 1 is 1.33 bits per heavy atom. The summed E-state index contributed by atoms with van der Waals surface area (Å²) in [6, 6.07) is 4.94. The van der Waals surface area contributed by atoms with Gasteiger partial charge in [0.25, 0.3) is 5.91 Å². The van der Waals surface area contributed by atoms with Crippen LogP contribution in [0.5, 0.6) is 0 Å². The van der Waals surface area contributed by atoms with Crippen molar-refractivity contribution in [3.63, 3.8) is 0 Å². The Hall–Kier alpha value is -2.54. The van der Waals surface area contributed by atoms with Crippen LogP contribution in [-0.2, 0) is 4.79 Å². The highest BCUT2D eigenvalue weighted by Crippen LogP contribution is 2.35. The number of hydrogen-bond acceptors (Lipinski definition) is 5. The number of rotatable bonds is 3. The zero-order chi connectivity index (χ0) is 19.5. The average molecular weight is 388 g/mol. The van der Waals surface area contributed by atoms with Gasteiger partial charge in [0.2, 0.25) is 5.96 Å². The fourth-order valence-corrected chi connectivity index (χ4v) is 4.14. The van der Waals surface area contributed by atoms with Gasteiger partial charge in [-0.1, -0.05) is 29.8 Å². The Labute approximate surface area is 163 Å². The SMILES string of the molecule is C=C(C)CN1C(=O)C2C(N=C3N(c4cccc(Cl)c4C)CCN32)N(C)C1=O. The average Bonchev–Trinajstić information content (AvgIpc) is 3.18. The summed E-state index contributed by atoms with van der Waals surface area (Å²) < 4.78 is 0. The minimum absolute atomic E-state index is 0.213. The van der Waals surface area contributed by atoms with E-state index < -0.39 is 12.2 Å². The van der Waals surface area contributed by atoms with E-state index in [0.29, 0.717) is 18.1 Å². The van der Waals surface area contributed by atoms with Gasteiger partial charge in [0.15, 0.2) is 12.2 Å². The van der Waals surface area contributed by atoms with Crippen LogP contribution in [0.2, 0.25) is 5.02 Å². The molecule has 2 saturated heterocycles. The second-order valence-corrected chi connectivity index (χ2v) is 7.70. The molecule has 7 nitrogen and oxygen atoms in total. The molecule has 0 aromatic heterocycles. The molecule has 2 atom stereocenters. The summed E-state index contributed by atoms with van der Waals surface area (Å²) in [6.45, 7) is 9.23. The maximum atomic E-state index is 13.1. The Balaban J connectivity index is 1.69. The summed E-state index contributed by atoms with van der Waals surface area (Å²) in [7, 11) is 1.69. The molecule has 3 heterocycles. The van der Waals surface area contributed by atoms with E-state index in [9.17, 15) is 9.59 Å². The zero-order valence-corrected chi connectivity index (χ0v) is 16.4. The van der Waals surface area contributed by atoms with Crippen molar-refractivity contribution in [2.45, 2.75) is 26.1 Å². The highest BCUT2D eigenvalue weighted by atomic mass is 35.5. The number of hydrogen-bond donors (Lipinski definition) is 0. The Bertz CT molecular complexity index is 883. The van der Waals surface area contributed by atoms with Gasteiger partial charge < -0.3 is 14.7 Å². The van der Waals surface area contributed by atoms with E-state index in [0.717, 1.165) is 22.8 Å². The monoisotopic (exact) mass is 387 g/mol. The summed E-state index contributed by atoms with van der Waals surface area (Å²) in [5, 5.41) is 0.693. The van der Waals surface area contributed by atoms with Crippen molar-refractivity contribution < 1.29 is 9.59 Å². The molecular weight excluding hydrogens is 366 g/mol. The lowest BCUT2D eigenvalue weighted by Gasteiger charge is -2.40. The van der Waals surface area contributed by atoms with E-state index in [1.54, 1.807) is 11.9 Å². The van der Waals surface area contributed by atoms with Crippen LogP contribution in [0, 0.1) is 6.92 Å². The number of guanidine groups is 1. The molecule has 0 saturated carbocycles. The van der Waals surface area contributed by atoms with Crippen LogP contribution in [0.25, 0.3) is 0 Å². The first kappa shape index (κ1) is 17.9. The van der Waals surface area contributed by atoms with Crippen LogP contribution in [0.1, 0.15) is 12.5 Å². The van der Waals surface area contributed by atoms with Crippen LogP contribution < -0.4 is 4.90 Å². The number of likely N-dealkylation sites (N-methyl/N-ethyl adjacent to an activating group) is 1. The number of anilines is 1. The predicted octanol–water partition coefficient (Wildman–Crippen LogP) is 2.30. The number of urea groups is 1. The number of carbonyl (C=O) groups is 2. The zero-order valence-electron chi connectivity index (χ0n) is 15.6. The topological polar surface area (TPSA) is 59.5 Å². The minimum atomic E-state index is -0.510. The fraction of sp³-hybridized carbons (Fsp3) is 0.421. The molecular formula is C19H22ClN5O2. The largest absolute Gasteiger partial charge is 0.328 e. The highest BCUT2D eigenvalue weighted by Gasteiger charge is 2.54. The molecule has 0 radical (unpaired) electrons. The van der Waals surface area contributed by atoms with Crippen molar-refractivity contribution in [1.29, 1.82) is 0 Å². The molecule has 27 heavy (non-hydrogen) atoms. The third-order valence-corrected chi connectivity index (χ3v) is 5.74. The molecule has 1 aromatic rings. The molecule has 0 N–H and O–H groups in total. The van der Waals surface area contributed by atoms with Gasteiger partial charge in [-0.25, -0.2) is 9.79 Å². The number of amides is 3. The summed E-state index contributed by atoms with van der Waals surface area (Å²) in [5.74, 6) is 0.509. The smallest absolute Gasteiger partial charge is 0.325 e. The summed E-state index contributed by atoms with van der Waals surface area (Å²) >= 11 is 6.29. The number of halogens is 1. The van der Waals surface area contributed by atoms with E-state index in [-0.39, 0.29) is 18.5 Å². The summed E-state index contributed by atoms with van der Waals surface area (Å²) in [6.07, 6.45) is -0.510. The number of aliphatic imine (C=N–C) groups is 1. The third kappa shape index (κ3) is 2.60. The number of benzene rings is 1. The molecule has 2 unspecified atom stereocenters. The Morgan fingerprint density at radius 2 is 2.07 bits per heavy atom. The molecule has 142 valence electrons. The van der Waals surface area contributed by atoms with Crippen molar-refractivity contribution in [1.82, 2.24) is 14.7 Å². The van der Waals surface area contributed by atoms with Crippen LogP contribution in [0.15, 0.2) is 35.3 Å². The van der Waals surface area contributed by atoms with Gasteiger partial charge in [-0.15, -0.1) is 0 Å². The first-order valence-electron chi connectivity index (χ1n) is 8.91. The first-order valence-corrected chi connectivity index (χ1v) is 9.28. The van der Waals surface area contributed by atoms with E-state index in [1.165, 1.54) is 4.90 Å². The van der Waals surface area contributed by atoms with Crippen LogP contribution in [0.4, 0.5) is 10.5 Å². The lowest BCUT2D eigenvalue weighted by Crippen LogP contribution is -2.65. The molecule has 0 bridgehead atoms. The standard InChI is InChI=1S/C19H22ClN5O2/c1-11(2)10-25-17(26)15-16(22(4)19(25)27)21-18-23(8-9-24(15)18)14-7-5-6-13(20)12(14)3/h5-7,15-16H,1,8-10H2,2-4H3. The molecule has 0 aliphatic carbocycles. The van der Waals surface area contributed by atoms with Crippen LogP contribution >= 0.6 is 11.6 Å². The second kappa shape index (κ2) is 6.27. The molecule has 8 heteroatoms. The number of fused-ring (bicyclic) bond motifs is 3. The molecule has 4 rings (SSSR count). The Kier molecular flexibility index (Phi) is 4.14. The lowest BCUT2D eigenvalue weighted by atomic mass is 10.1. The number of nitrogens with zero attached hydrogens (tertiary/aromatic N) is 5. The van der Waals surface area contributed by atoms with Crippen molar-refractivity contribution in [3.8, 4) is 0 Å². The van der Waals surface area contributed by atoms with E-state index in [2.05, 4.69) is 11.5 Å². The molecule has 1 aromatic carbocycles. The van der Waals surface area contributed by atoms with Crippen molar-refractivity contribution in [2.24, 2.45) is 4.99 Å². The molecule has 0 spiro atoms. The van der Waals surface area contributed by atoms with Gasteiger partial charge in [0, 0.05) is 30.8 Å². The van der Waals surface area contributed by atoms with Gasteiger partial charge in [-0.05, 0) is 31.5 Å².